The summed E-state index contributed by atoms with van der Waals surface area (Å²) in [7, 11) is -2.68. The summed E-state index contributed by atoms with van der Waals surface area (Å²) in [5.74, 6) is 2.05. The van der Waals surface area contributed by atoms with Crippen LogP contribution < -0.4 is 5.32 Å². The highest BCUT2D eigenvalue weighted by atomic mass is 31.2. The van der Waals surface area contributed by atoms with Gasteiger partial charge in [-0.25, -0.2) is 4.57 Å². The average Bonchev–Trinajstić information content (AvgIpc) is 3.12. The Hall–Kier alpha value is -0.680. The number of phosphoric acid groups is 1. The molecular weight excluding hydrogens is 317 g/mol. The minimum absolute atomic E-state index is 0.167. The predicted molar refractivity (Wildman–Crippen MR) is 87.7 cm³/mol. The van der Waals surface area contributed by atoms with Gasteiger partial charge in [-0.3, -0.25) is 13.8 Å². The molecule has 0 radical (unpaired) electrons. The van der Waals surface area contributed by atoms with Crippen LogP contribution in [0.4, 0.5) is 0 Å². The Labute approximate surface area is 138 Å². The van der Waals surface area contributed by atoms with E-state index in [0.29, 0.717) is 37.1 Å². The van der Waals surface area contributed by atoms with Crippen molar-refractivity contribution in [3.63, 3.8) is 0 Å². The standard InChI is InChI=1S/C16H28NO5P/c1-21-23(19,20)22-9-5-3-2-4-8-17-16(18)12-15-11-13-6-7-14(15)10-13/h6-7,13-15H,2-5,8-12H2,1H3,(H,17,18)(H,19,20). The molecule has 4 unspecified atom stereocenters. The van der Waals surface area contributed by atoms with Gasteiger partial charge < -0.3 is 10.2 Å². The Bertz CT molecular complexity index is 467. The lowest BCUT2D eigenvalue weighted by molar-refractivity contribution is -0.122. The van der Waals surface area contributed by atoms with E-state index in [4.69, 9.17) is 9.42 Å². The first-order chi connectivity index (χ1) is 11.0. The summed E-state index contributed by atoms with van der Waals surface area (Å²) in [4.78, 5) is 21.0. The Kier molecular flexibility index (Phi) is 7.28. The summed E-state index contributed by atoms with van der Waals surface area (Å²) in [6, 6.07) is 0. The molecule has 132 valence electrons. The summed E-state index contributed by atoms with van der Waals surface area (Å²) >= 11 is 0. The molecule has 7 heteroatoms. The molecule has 2 aliphatic carbocycles. The molecule has 6 nitrogen and oxygen atoms in total. The van der Waals surface area contributed by atoms with E-state index in [9.17, 15) is 9.36 Å². The molecule has 1 amide bonds. The van der Waals surface area contributed by atoms with Crippen LogP contribution in [-0.4, -0.2) is 31.1 Å². The number of fused-ring (bicyclic) bond motifs is 2. The van der Waals surface area contributed by atoms with Crippen molar-refractivity contribution >= 4 is 13.7 Å². The van der Waals surface area contributed by atoms with Crippen LogP contribution in [-0.2, 0) is 18.4 Å². The van der Waals surface area contributed by atoms with E-state index in [1.165, 1.54) is 12.8 Å². The molecule has 1 fully saturated rings. The van der Waals surface area contributed by atoms with Crippen molar-refractivity contribution in [1.82, 2.24) is 5.32 Å². The highest BCUT2D eigenvalue weighted by Crippen LogP contribution is 2.44. The van der Waals surface area contributed by atoms with Crippen molar-refractivity contribution in [3.8, 4) is 0 Å². The normalized spacial score (nSPS) is 28.0. The molecule has 2 N–H and O–H groups in total. The molecule has 2 rings (SSSR count). The molecule has 0 aromatic carbocycles. The van der Waals surface area contributed by atoms with Gasteiger partial charge in [0.1, 0.15) is 0 Å². The van der Waals surface area contributed by atoms with E-state index in [2.05, 4.69) is 22.0 Å². The van der Waals surface area contributed by atoms with E-state index in [-0.39, 0.29) is 12.5 Å². The second kappa shape index (κ2) is 8.97. The molecule has 2 aliphatic rings. The molecule has 4 atom stereocenters. The summed E-state index contributed by atoms with van der Waals surface area (Å²) < 4.78 is 20.1. The quantitative estimate of drug-likeness (QED) is 0.342. The number of allylic oxidation sites excluding steroid dienone is 2. The van der Waals surface area contributed by atoms with E-state index in [0.717, 1.165) is 26.4 Å². The topological polar surface area (TPSA) is 84.9 Å². The second-order valence-electron chi connectivity index (χ2n) is 6.49. The first-order valence-corrected chi connectivity index (χ1v) is 9.98. The lowest BCUT2D eigenvalue weighted by atomic mass is 9.90. The fraction of sp³-hybridized carbons (Fsp3) is 0.812. The first-order valence-electron chi connectivity index (χ1n) is 8.48. The maximum Gasteiger partial charge on any atom is 0.471 e. The number of carbonyl (C=O) groups is 1. The number of nitrogens with one attached hydrogen (secondary N) is 1. The van der Waals surface area contributed by atoms with E-state index in [1.54, 1.807) is 0 Å². The molecule has 0 aromatic heterocycles. The average molecular weight is 345 g/mol. The lowest BCUT2D eigenvalue weighted by Gasteiger charge is -2.17. The van der Waals surface area contributed by atoms with Crippen molar-refractivity contribution < 1.29 is 23.3 Å². The number of carbonyl (C=O) groups excluding carboxylic acids is 1. The molecule has 0 saturated heterocycles. The van der Waals surface area contributed by atoms with Gasteiger partial charge in [-0.05, 0) is 43.4 Å². The monoisotopic (exact) mass is 345 g/mol. The number of hydrogen-bond acceptors (Lipinski definition) is 4. The zero-order valence-corrected chi connectivity index (χ0v) is 14.7. The third kappa shape index (κ3) is 6.38. The van der Waals surface area contributed by atoms with Gasteiger partial charge in [0.2, 0.25) is 5.91 Å². The van der Waals surface area contributed by atoms with Gasteiger partial charge in [-0.1, -0.05) is 25.0 Å². The molecule has 2 bridgehead atoms. The van der Waals surface area contributed by atoms with Gasteiger partial charge in [-0.15, -0.1) is 0 Å². The van der Waals surface area contributed by atoms with E-state index < -0.39 is 7.82 Å². The van der Waals surface area contributed by atoms with Crippen molar-refractivity contribution in [1.29, 1.82) is 0 Å². The van der Waals surface area contributed by atoms with E-state index in [1.807, 2.05) is 0 Å². The van der Waals surface area contributed by atoms with Gasteiger partial charge in [0.25, 0.3) is 0 Å². The summed E-state index contributed by atoms with van der Waals surface area (Å²) in [6.07, 6.45) is 11.1. The maximum absolute atomic E-state index is 11.9. The molecular formula is C16H28NO5P. The van der Waals surface area contributed by atoms with Crippen molar-refractivity contribution in [2.24, 2.45) is 17.8 Å². The van der Waals surface area contributed by atoms with Crippen LogP contribution in [0.25, 0.3) is 0 Å². The van der Waals surface area contributed by atoms with Crippen LogP contribution >= 0.6 is 7.82 Å². The lowest BCUT2D eigenvalue weighted by Crippen LogP contribution is -2.27. The van der Waals surface area contributed by atoms with Gasteiger partial charge >= 0.3 is 7.82 Å². The fourth-order valence-corrected chi connectivity index (χ4v) is 3.95. The smallest absolute Gasteiger partial charge is 0.356 e. The van der Waals surface area contributed by atoms with Gasteiger partial charge in [0.15, 0.2) is 0 Å². The Morgan fingerprint density at radius 1 is 1.26 bits per heavy atom. The van der Waals surface area contributed by atoms with Crippen molar-refractivity contribution in [2.45, 2.75) is 44.9 Å². The van der Waals surface area contributed by atoms with E-state index >= 15 is 0 Å². The number of rotatable bonds is 11. The largest absolute Gasteiger partial charge is 0.471 e. The summed E-state index contributed by atoms with van der Waals surface area (Å²) in [5.41, 5.74) is 0. The third-order valence-corrected chi connectivity index (χ3v) is 5.71. The predicted octanol–water partition coefficient (Wildman–Crippen LogP) is 3.03. The highest BCUT2D eigenvalue weighted by molar-refractivity contribution is 7.47. The Morgan fingerprint density at radius 2 is 2.04 bits per heavy atom. The van der Waals surface area contributed by atoms with Crippen LogP contribution in [0.1, 0.15) is 44.9 Å². The summed E-state index contributed by atoms with van der Waals surface area (Å²) in [6.45, 7) is 0.915. The molecule has 0 aliphatic heterocycles. The van der Waals surface area contributed by atoms with Crippen LogP contribution in [0.3, 0.4) is 0 Å². The zero-order chi connectivity index (χ0) is 16.7. The van der Waals surface area contributed by atoms with Crippen LogP contribution in [0.5, 0.6) is 0 Å². The Morgan fingerprint density at radius 3 is 2.70 bits per heavy atom. The number of phosphoric ester groups is 1. The SMILES string of the molecule is COP(=O)(O)OCCCCCCNC(=O)CC1CC2C=CC1C2. The molecule has 0 aromatic rings. The first kappa shape index (κ1) is 18.7. The Balaban J connectivity index is 1.42. The molecule has 1 saturated carbocycles. The minimum atomic E-state index is -3.83. The second-order valence-corrected chi connectivity index (χ2v) is 8.05. The van der Waals surface area contributed by atoms with Crippen LogP contribution in [0, 0.1) is 17.8 Å². The molecule has 0 heterocycles. The van der Waals surface area contributed by atoms with Crippen molar-refractivity contribution in [3.05, 3.63) is 12.2 Å². The maximum atomic E-state index is 11.9. The highest BCUT2D eigenvalue weighted by Gasteiger charge is 2.36. The zero-order valence-electron chi connectivity index (χ0n) is 13.8. The number of amides is 1. The van der Waals surface area contributed by atoms with Gasteiger partial charge in [0.05, 0.1) is 6.61 Å². The molecule has 23 heavy (non-hydrogen) atoms. The van der Waals surface area contributed by atoms with Gasteiger partial charge in [0, 0.05) is 20.1 Å². The number of hydrogen-bond donors (Lipinski definition) is 2. The van der Waals surface area contributed by atoms with Crippen LogP contribution in [0.2, 0.25) is 0 Å². The van der Waals surface area contributed by atoms with Gasteiger partial charge in [-0.2, -0.15) is 0 Å². The summed E-state index contributed by atoms with van der Waals surface area (Å²) in [5, 5.41) is 2.99. The third-order valence-electron chi connectivity index (χ3n) is 4.74. The van der Waals surface area contributed by atoms with Crippen molar-refractivity contribution in [2.75, 3.05) is 20.3 Å². The number of unbranched alkanes of at least 4 members (excludes halogenated alkanes) is 3. The minimum Gasteiger partial charge on any atom is -0.356 e. The van der Waals surface area contributed by atoms with Crippen LogP contribution in [0.15, 0.2) is 12.2 Å². The fourth-order valence-electron chi connectivity index (χ4n) is 3.48. The molecule has 0 spiro atoms.